The predicted molar refractivity (Wildman–Crippen MR) is 83.0 cm³/mol. The van der Waals surface area contributed by atoms with Gasteiger partial charge in [0.05, 0.1) is 15.9 Å². The molecular formula is C15H22N2O5. The van der Waals surface area contributed by atoms with Gasteiger partial charge < -0.3 is 4.74 Å². The first kappa shape index (κ1) is 18.0. The lowest BCUT2D eigenvalue weighted by Crippen LogP contribution is -2.10. The van der Waals surface area contributed by atoms with Crippen LogP contribution in [0.2, 0.25) is 0 Å². The molecule has 0 saturated heterocycles. The number of benzene rings is 1. The number of non-ortho nitro benzene ring substituents is 1. The molecule has 0 heterocycles. The fraction of sp³-hybridized carbons (Fsp3) is 0.600. The number of nitrogens with zero attached hydrogens (tertiary/aromatic N) is 2. The summed E-state index contributed by atoms with van der Waals surface area (Å²) in [5, 5.41) is 21.7. The van der Waals surface area contributed by atoms with E-state index < -0.39 is 9.85 Å². The molecule has 0 atom stereocenters. The smallest absolute Gasteiger partial charge is 0.279 e. The highest BCUT2D eigenvalue weighted by Crippen LogP contribution is 2.25. The predicted octanol–water partition coefficient (Wildman–Crippen LogP) is 3.89. The van der Waals surface area contributed by atoms with Crippen molar-refractivity contribution in [1.82, 2.24) is 0 Å². The van der Waals surface area contributed by atoms with Crippen molar-refractivity contribution in [2.45, 2.75) is 40.0 Å². The van der Waals surface area contributed by atoms with Gasteiger partial charge in [-0.1, -0.05) is 20.8 Å². The summed E-state index contributed by atoms with van der Waals surface area (Å²) in [7, 11) is 0. The topological polar surface area (TPSA) is 95.5 Å². The first-order valence-corrected chi connectivity index (χ1v) is 7.20. The molecule has 0 N–H and O–H groups in total. The van der Waals surface area contributed by atoms with Gasteiger partial charge in [0, 0.05) is 24.8 Å². The molecule has 0 aromatic heterocycles. The maximum atomic E-state index is 11.0. The minimum Gasteiger partial charge on any atom is -0.381 e. The number of ether oxygens (including phenoxy) is 1. The fourth-order valence-electron chi connectivity index (χ4n) is 1.89. The first-order chi connectivity index (χ1) is 10.2. The number of hydrogen-bond donors (Lipinski definition) is 0. The van der Waals surface area contributed by atoms with Gasteiger partial charge in [0.2, 0.25) is 0 Å². The van der Waals surface area contributed by atoms with Gasteiger partial charge in [-0.25, -0.2) is 0 Å². The van der Waals surface area contributed by atoms with Gasteiger partial charge in [0.1, 0.15) is 0 Å². The van der Waals surface area contributed by atoms with Crippen molar-refractivity contribution < 1.29 is 14.6 Å². The summed E-state index contributed by atoms with van der Waals surface area (Å²) in [6.45, 7) is 7.58. The quantitative estimate of drug-likeness (QED) is 0.412. The molecule has 122 valence electrons. The number of nitro groups is 2. The molecule has 7 heteroatoms. The molecule has 7 nitrogen and oxygen atoms in total. The zero-order chi connectivity index (χ0) is 16.8. The van der Waals surface area contributed by atoms with Crippen LogP contribution in [0.5, 0.6) is 0 Å². The third-order valence-corrected chi connectivity index (χ3v) is 3.21. The summed E-state index contributed by atoms with van der Waals surface area (Å²) in [5.41, 5.74) is 0.243. The summed E-state index contributed by atoms with van der Waals surface area (Å²) in [5.74, 6) is 0. The van der Waals surface area contributed by atoms with Gasteiger partial charge in [-0.05, 0) is 30.7 Å². The Bertz CT molecular complexity index is 537. The van der Waals surface area contributed by atoms with Crippen LogP contribution in [-0.2, 0) is 11.2 Å². The van der Waals surface area contributed by atoms with E-state index in [9.17, 15) is 20.2 Å². The van der Waals surface area contributed by atoms with Crippen LogP contribution in [0.25, 0.3) is 0 Å². The van der Waals surface area contributed by atoms with E-state index in [1.54, 1.807) is 0 Å². The van der Waals surface area contributed by atoms with E-state index in [0.717, 1.165) is 12.5 Å². The number of hydrogen-bond acceptors (Lipinski definition) is 5. The second-order valence-electron chi connectivity index (χ2n) is 6.35. The van der Waals surface area contributed by atoms with Crippen molar-refractivity contribution in [3.63, 3.8) is 0 Å². The van der Waals surface area contributed by atoms with E-state index in [1.807, 2.05) is 0 Å². The Kier molecular flexibility index (Phi) is 6.42. The van der Waals surface area contributed by atoms with Crippen molar-refractivity contribution in [3.8, 4) is 0 Å². The van der Waals surface area contributed by atoms with Crippen molar-refractivity contribution in [1.29, 1.82) is 0 Å². The molecule has 0 spiro atoms. The zero-order valence-corrected chi connectivity index (χ0v) is 13.2. The van der Waals surface area contributed by atoms with E-state index in [0.29, 0.717) is 31.6 Å². The highest BCUT2D eigenvalue weighted by Gasteiger charge is 2.18. The molecule has 0 amide bonds. The summed E-state index contributed by atoms with van der Waals surface area (Å²) >= 11 is 0. The van der Waals surface area contributed by atoms with Crippen LogP contribution in [0.15, 0.2) is 18.2 Å². The van der Waals surface area contributed by atoms with Crippen LogP contribution in [-0.4, -0.2) is 23.1 Å². The summed E-state index contributed by atoms with van der Waals surface area (Å²) in [4.78, 5) is 20.4. The third kappa shape index (κ3) is 6.17. The largest absolute Gasteiger partial charge is 0.381 e. The Balaban J connectivity index is 2.52. The molecule has 0 unspecified atom stereocenters. The van der Waals surface area contributed by atoms with E-state index in [-0.39, 0.29) is 16.8 Å². The molecule has 1 aromatic carbocycles. The van der Waals surface area contributed by atoms with Gasteiger partial charge >= 0.3 is 0 Å². The van der Waals surface area contributed by atoms with Gasteiger partial charge in [-0.3, -0.25) is 20.2 Å². The lowest BCUT2D eigenvalue weighted by atomic mass is 9.93. The summed E-state index contributed by atoms with van der Waals surface area (Å²) in [6, 6.07) is 3.75. The Morgan fingerprint density at radius 1 is 1.09 bits per heavy atom. The van der Waals surface area contributed by atoms with E-state index in [1.165, 1.54) is 12.1 Å². The normalized spacial score (nSPS) is 11.4. The van der Waals surface area contributed by atoms with E-state index >= 15 is 0 Å². The molecule has 22 heavy (non-hydrogen) atoms. The Morgan fingerprint density at radius 3 is 2.32 bits per heavy atom. The molecule has 0 radical (unpaired) electrons. The third-order valence-electron chi connectivity index (χ3n) is 3.21. The molecule has 0 aliphatic carbocycles. The van der Waals surface area contributed by atoms with E-state index in [2.05, 4.69) is 20.8 Å². The summed E-state index contributed by atoms with van der Waals surface area (Å²) in [6.07, 6.45) is 2.05. The maximum Gasteiger partial charge on any atom is 0.279 e. The van der Waals surface area contributed by atoms with Crippen LogP contribution in [0.3, 0.4) is 0 Å². The average molecular weight is 310 g/mol. The number of nitro benzene ring substituents is 2. The minimum atomic E-state index is -0.633. The van der Waals surface area contributed by atoms with E-state index in [4.69, 9.17) is 4.74 Å². The van der Waals surface area contributed by atoms with Crippen molar-refractivity contribution in [3.05, 3.63) is 44.0 Å². The first-order valence-electron chi connectivity index (χ1n) is 7.20. The van der Waals surface area contributed by atoms with Gasteiger partial charge in [0.25, 0.3) is 11.4 Å². The van der Waals surface area contributed by atoms with Crippen molar-refractivity contribution >= 4 is 11.4 Å². The number of aryl methyl sites for hydroxylation is 1. The molecule has 0 fully saturated rings. The lowest BCUT2D eigenvalue weighted by molar-refractivity contribution is -0.394. The molecule has 0 aliphatic heterocycles. The molecule has 0 bridgehead atoms. The van der Waals surface area contributed by atoms with Crippen LogP contribution in [0, 0.1) is 25.6 Å². The second kappa shape index (κ2) is 7.84. The fourth-order valence-corrected chi connectivity index (χ4v) is 1.89. The molecule has 1 aromatic rings. The van der Waals surface area contributed by atoms with Crippen molar-refractivity contribution in [2.75, 3.05) is 13.2 Å². The Hall–Kier alpha value is -2.02. The Morgan fingerprint density at radius 2 is 1.77 bits per heavy atom. The van der Waals surface area contributed by atoms with Crippen LogP contribution in [0.4, 0.5) is 11.4 Å². The standard InChI is InChI=1S/C15H22N2O5/c1-15(2,3)8-10-22-9-4-5-12-6-7-13(16(18)19)11-14(12)17(20)21/h6-7,11H,4-5,8-10H2,1-3H3. The van der Waals surface area contributed by atoms with Crippen LogP contribution in [0.1, 0.15) is 39.2 Å². The second-order valence-corrected chi connectivity index (χ2v) is 6.35. The van der Waals surface area contributed by atoms with Gasteiger partial charge in [-0.15, -0.1) is 0 Å². The summed E-state index contributed by atoms with van der Waals surface area (Å²) < 4.78 is 5.52. The SMILES string of the molecule is CC(C)(C)CCOCCCc1ccc([N+](=O)[O-])cc1[N+](=O)[O-]. The Labute approximate surface area is 129 Å². The molecule has 0 saturated carbocycles. The molecule has 0 aliphatic rings. The molecular weight excluding hydrogens is 288 g/mol. The zero-order valence-electron chi connectivity index (χ0n) is 13.2. The highest BCUT2D eigenvalue weighted by molar-refractivity contribution is 5.49. The monoisotopic (exact) mass is 310 g/mol. The van der Waals surface area contributed by atoms with Crippen LogP contribution < -0.4 is 0 Å². The number of rotatable bonds is 8. The average Bonchev–Trinajstić information content (AvgIpc) is 2.41. The van der Waals surface area contributed by atoms with Gasteiger partial charge in [-0.2, -0.15) is 0 Å². The van der Waals surface area contributed by atoms with Crippen molar-refractivity contribution in [2.24, 2.45) is 5.41 Å². The highest BCUT2D eigenvalue weighted by atomic mass is 16.6. The molecule has 1 rings (SSSR count). The van der Waals surface area contributed by atoms with Crippen LogP contribution >= 0.6 is 0 Å². The maximum absolute atomic E-state index is 11.0. The minimum absolute atomic E-state index is 0.205. The van der Waals surface area contributed by atoms with Gasteiger partial charge in [0.15, 0.2) is 0 Å². The lowest BCUT2D eigenvalue weighted by Gasteiger charge is -2.17.